The molecule has 0 spiro atoms. The molecule has 0 aliphatic carbocycles. The van der Waals surface area contributed by atoms with Gasteiger partial charge >= 0.3 is 0 Å². The molecule has 0 aliphatic rings. The number of hydrogen-bond donors (Lipinski definition) is 0. The summed E-state index contributed by atoms with van der Waals surface area (Å²) in [6.45, 7) is 3.07. The van der Waals surface area contributed by atoms with Gasteiger partial charge in [-0.3, -0.25) is 0 Å². The molecule has 0 saturated heterocycles. The average molecular weight is 321 g/mol. The second-order valence-corrected chi connectivity index (χ2v) is 6.39. The van der Waals surface area contributed by atoms with E-state index >= 15 is 0 Å². The van der Waals surface area contributed by atoms with Crippen molar-refractivity contribution in [3.8, 4) is 11.5 Å². The summed E-state index contributed by atoms with van der Waals surface area (Å²) in [4.78, 5) is 0. The molecule has 1 aromatic rings. The molecule has 2 nitrogen and oxygen atoms in total. The third-order valence-corrected chi connectivity index (χ3v) is 4.32. The van der Waals surface area contributed by atoms with Gasteiger partial charge in [-0.05, 0) is 18.6 Å². The summed E-state index contributed by atoms with van der Waals surface area (Å²) in [6, 6.07) is 7.87. The smallest absolute Gasteiger partial charge is 0.161 e. The van der Waals surface area contributed by atoms with E-state index in [0.29, 0.717) is 0 Å². The van der Waals surface area contributed by atoms with Crippen LogP contribution in [0.3, 0.4) is 0 Å². The fourth-order valence-electron chi connectivity index (χ4n) is 2.86. The maximum Gasteiger partial charge on any atom is 0.161 e. The highest BCUT2D eigenvalue weighted by atomic mass is 16.5. The molecular weight excluding hydrogens is 284 g/mol. The van der Waals surface area contributed by atoms with E-state index < -0.39 is 0 Å². The van der Waals surface area contributed by atoms with Crippen LogP contribution in [0.5, 0.6) is 11.5 Å². The zero-order valence-electron chi connectivity index (χ0n) is 15.3. The zero-order valence-corrected chi connectivity index (χ0v) is 15.3. The Labute approximate surface area is 143 Å². The number of benzene rings is 1. The van der Waals surface area contributed by atoms with Crippen LogP contribution in [-0.2, 0) is 0 Å². The predicted octanol–water partition coefficient (Wildman–Crippen LogP) is 6.78. The Morgan fingerprint density at radius 1 is 0.652 bits per heavy atom. The van der Waals surface area contributed by atoms with E-state index in [0.717, 1.165) is 24.5 Å². The molecule has 0 N–H and O–H groups in total. The van der Waals surface area contributed by atoms with E-state index in [1.165, 1.54) is 70.6 Å². The van der Waals surface area contributed by atoms with Gasteiger partial charge in [0.25, 0.3) is 0 Å². The van der Waals surface area contributed by atoms with Crippen LogP contribution in [0, 0.1) is 0 Å². The molecule has 0 radical (unpaired) electrons. The first-order chi connectivity index (χ1) is 11.4. The van der Waals surface area contributed by atoms with E-state index in [1.54, 1.807) is 7.11 Å². The molecule has 1 rings (SSSR count). The molecular formula is C21H36O2. The number of unbranched alkanes of at least 4 members (excludes halogenated alkanes) is 11. The SMILES string of the molecule is CCCCCCCCCCCCCCOc1ccccc1OC. The molecule has 0 bridgehead atoms. The standard InChI is InChI=1S/C21H36O2/c1-3-4-5-6-7-8-9-10-11-12-13-16-19-23-21-18-15-14-17-20(21)22-2/h14-15,17-18H,3-13,16,19H2,1-2H3. The minimum Gasteiger partial charge on any atom is -0.493 e. The Morgan fingerprint density at radius 3 is 1.65 bits per heavy atom. The maximum absolute atomic E-state index is 5.79. The average Bonchev–Trinajstić information content (AvgIpc) is 2.59. The van der Waals surface area contributed by atoms with Crippen molar-refractivity contribution in [1.82, 2.24) is 0 Å². The van der Waals surface area contributed by atoms with Crippen LogP contribution in [0.1, 0.15) is 84.0 Å². The number of para-hydroxylation sites is 2. The molecule has 0 unspecified atom stereocenters. The Balaban J connectivity index is 1.86. The van der Waals surface area contributed by atoms with E-state index in [1.807, 2.05) is 24.3 Å². The summed E-state index contributed by atoms with van der Waals surface area (Å²) in [5.41, 5.74) is 0. The van der Waals surface area contributed by atoms with Crippen molar-refractivity contribution in [3.05, 3.63) is 24.3 Å². The number of methoxy groups -OCH3 is 1. The Bertz CT molecular complexity index is 376. The first-order valence-electron chi connectivity index (χ1n) is 9.64. The number of rotatable bonds is 15. The fourth-order valence-corrected chi connectivity index (χ4v) is 2.86. The van der Waals surface area contributed by atoms with Crippen LogP contribution in [0.2, 0.25) is 0 Å². The second-order valence-electron chi connectivity index (χ2n) is 6.39. The summed E-state index contributed by atoms with van der Waals surface area (Å²) in [5, 5.41) is 0. The van der Waals surface area contributed by atoms with Crippen LogP contribution in [0.15, 0.2) is 24.3 Å². The molecule has 1 aromatic carbocycles. The van der Waals surface area contributed by atoms with Gasteiger partial charge in [0.2, 0.25) is 0 Å². The van der Waals surface area contributed by atoms with Gasteiger partial charge in [-0.25, -0.2) is 0 Å². The van der Waals surface area contributed by atoms with Crippen LogP contribution in [0.4, 0.5) is 0 Å². The largest absolute Gasteiger partial charge is 0.493 e. The first kappa shape index (κ1) is 19.9. The van der Waals surface area contributed by atoms with Crippen molar-refractivity contribution >= 4 is 0 Å². The highest BCUT2D eigenvalue weighted by Crippen LogP contribution is 2.25. The van der Waals surface area contributed by atoms with Gasteiger partial charge in [0.05, 0.1) is 13.7 Å². The van der Waals surface area contributed by atoms with Gasteiger partial charge in [0.15, 0.2) is 11.5 Å². The molecule has 23 heavy (non-hydrogen) atoms. The van der Waals surface area contributed by atoms with Crippen LogP contribution >= 0.6 is 0 Å². The summed E-state index contributed by atoms with van der Waals surface area (Å²) >= 11 is 0. The summed E-state index contributed by atoms with van der Waals surface area (Å²) in [5.74, 6) is 1.68. The van der Waals surface area contributed by atoms with Crippen molar-refractivity contribution in [1.29, 1.82) is 0 Å². The summed E-state index contributed by atoms with van der Waals surface area (Å²) < 4.78 is 11.1. The van der Waals surface area contributed by atoms with Crippen molar-refractivity contribution in [2.75, 3.05) is 13.7 Å². The number of hydrogen-bond acceptors (Lipinski definition) is 2. The van der Waals surface area contributed by atoms with E-state index in [-0.39, 0.29) is 0 Å². The maximum atomic E-state index is 5.79. The highest BCUT2D eigenvalue weighted by molar-refractivity contribution is 5.39. The minimum atomic E-state index is 0.789. The second kappa shape index (κ2) is 14.4. The fraction of sp³-hybridized carbons (Fsp3) is 0.714. The van der Waals surface area contributed by atoms with Crippen LogP contribution < -0.4 is 9.47 Å². The lowest BCUT2D eigenvalue weighted by Gasteiger charge is -2.10. The van der Waals surface area contributed by atoms with E-state index in [9.17, 15) is 0 Å². The van der Waals surface area contributed by atoms with Gasteiger partial charge in [0, 0.05) is 0 Å². The number of ether oxygens (including phenoxy) is 2. The molecule has 0 aromatic heterocycles. The van der Waals surface area contributed by atoms with Crippen molar-refractivity contribution in [2.24, 2.45) is 0 Å². The summed E-state index contributed by atoms with van der Waals surface area (Å²) in [7, 11) is 1.69. The molecule has 0 saturated carbocycles. The lowest BCUT2D eigenvalue weighted by Crippen LogP contribution is -1.99. The first-order valence-corrected chi connectivity index (χ1v) is 9.64. The van der Waals surface area contributed by atoms with Crippen molar-refractivity contribution < 1.29 is 9.47 Å². The quantitative estimate of drug-likeness (QED) is 0.332. The molecule has 2 heteroatoms. The summed E-state index contributed by atoms with van der Waals surface area (Å²) in [6.07, 6.45) is 16.4. The van der Waals surface area contributed by atoms with Gasteiger partial charge in [-0.2, -0.15) is 0 Å². The third kappa shape index (κ3) is 10.3. The van der Waals surface area contributed by atoms with Crippen LogP contribution in [-0.4, -0.2) is 13.7 Å². The molecule has 0 aliphatic heterocycles. The predicted molar refractivity (Wildman–Crippen MR) is 99.6 cm³/mol. The topological polar surface area (TPSA) is 18.5 Å². The lowest BCUT2D eigenvalue weighted by atomic mass is 10.1. The molecule has 132 valence electrons. The highest BCUT2D eigenvalue weighted by Gasteiger charge is 2.01. The van der Waals surface area contributed by atoms with Gasteiger partial charge in [-0.1, -0.05) is 89.7 Å². The van der Waals surface area contributed by atoms with Gasteiger partial charge < -0.3 is 9.47 Å². The Morgan fingerprint density at radius 2 is 1.13 bits per heavy atom. The molecule has 0 atom stereocenters. The Kier molecular flexibility index (Phi) is 12.5. The minimum absolute atomic E-state index is 0.789. The van der Waals surface area contributed by atoms with Crippen LogP contribution in [0.25, 0.3) is 0 Å². The monoisotopic (exact) mass is 320 g/mol. The molecule has 0 heterocycles. The van der Waals surface area contributed by atoms with Gasteiger partial charge in [0.1, 0.15) is 0 Å². The third-order valence-electron chi connectivity index (χ3n) is 4.32. The Hall–Kier alpha value is -1.18. The van der Waals surface area contributed by atoms with E-state index in [2.05, 4.69) is 6.92 Å². The zero-order chi connectivity index (χ0) is 16.6. The lowest BCUT2D eigenvalue weighted by molar-refractivity contribution is 0.284. The van der Waals surface area contributed by atoms with Crippen molar-refractivity contribution in [3.63, 3.8) is 0 Å². The van der Waals surface area contributed by atoms with E-state index in [4.69, 9.17) is 9.47 Å². The normalized spacial score (nSPS) is 10.7. The molecule has 0 amide bonds. The molecule has 0 fully saturated rings. The van der Waals surface area contributed by atoms with Crippen molar-refractivity contribution in [2.45, 2.75) is 84.0 Å². The van der Waals surface area contributed by atoms with Gasteiger partial charge in [-0.15, -0.1) is 0 Å².